The van der Waals surface area contributed by atoms with Crippen LogP contribution >= 0.6 is 0 Å². The van der Waals surface area contributed by atoms with Crippen LogP contribution in [0.3, 0.4) is 0 Å². The Morgan fingerprint density at radius 3 is 2.68 bits per heavy atom. The number of hydrogen-bond donors (Lipinski definition) is 2. The number of rotatable bonds is 3. The van der Waals surface area contributed by atoms with Gasteiger partial charge in [-0.15, -0.1) is 0 Å². The molecule has 5 heteroatoms. The number of fused-ring (bicyclic) bond motifs is 1. The largest absolute Gasteiger partial charge is 0.373 e. The molecule has 4 rings (SSSR count). The van der Waals surface area contributed by atoms with Crippen molar-refractivity contribution in [3.05, 3.63) is 59.8 Å². The van der Waals surface area contributed by atoms with Crippen LogP contribution in [0.15, 0.2) is 48.7 Å². The van der Waals surface area contributed by atoms with Gasteiger partial charge in [-0.3, -0.25) is 9.59 Å². The van der Waals surface area contributed by atoms with E-state index in [0.717, 1.165) is 27.7 Å². The molecule has 1 aliphatic heterocycles. The van der Waals surface area contributed by atoms with Gasteiger partial charge in [-0.25, -0.2) is 4.90 Å². The van der Waals surface area contributed by atoms with E-state index in [1.807, 2.05) is 62.5 Å². The van der Waals surface area contributed by atoms with Crippen LogP contribution in [0, 0.1) is 13.8 Å². The van der Waals surface area contributed by atoms with Gasteiger partial charge in [0, 0.05) is 17.4 Å². The molecule has 2 heterocycles. The lowest BCUT2D eigenvalue weighted by Crippen LogP contribution is -2.34. The summed E-state index contributed by atoms with van der Waals surface area (Å²) in [5.41, 5.74) is 4.65. The van der Waals surface area contributed by atoms with Gasteiger partial charge in [0.05, 0.1) is 12.1 Å². The lowest BCUT2D eigenvalue weighted by atomic mass is 10.1. The maximum Gasteiger partial charge on any atom is 0.256 e. The van der Waals surface area contributed by atoms with Crippen LogP contribution in [-0.2, 0) is 9.59 Å². The normalized spacial score (nSPS) is 17.5. The summed E-state index contributed by atoms with van der Waals surface area (Å²) in [6, 6.07) is 13.0. The number of nitrogens with zero attached hydrogens (tertiary/aromatic N) is 1. The number of imide groups is 1. The lowest BCUT2D eigenvalue weighted by Gasteiger charge is -2.17. The van der Waals surface area contributed by atoms with Crippen molar-refractivity contribution in [2.75, 3.05) is 10.2 Å². The SMILES string of the molecule is Cc1ccc(N2C(=O)CC(Nc3ccc4cc[nH]c4c3)C2=O)cc1C. The molecule has 0 saturated carbocycles. The Balaban J connectivity index is 1.58. The fourth-order valence-electron chi connectivity index (χ4n) is 3.22. The van der Waals surface area contributed by atoms with Crippen molar-refractivity contribution in [2.24, 2.45) is 0 Å². The number of nitrogens with one attached hydrogen (secondary N) is 2. The van der Waals surface area contributed by atoms with Gasteiger partial charge in [0.15, 0.2) is 0 Å². The summed E-state index contributed by atoms with van der Waals surface area (Å²) in [6.45, 7) is 3.99. The Hall–Kier alpha value is -3.08. The molecule has 0 aliphatic carbocycles. The van der Waals surface area contributed by atoms with Crippen molar-refractivity contribution < 1.29 is 9.59 Å². The summed E-state index contributed by atoms with van der Waals surface area (Å²) < 4.78 is 0. The van der Waals surface area contributed by atoms with E-state index < -0.39 is 6.04 Å². The van der Waals surface area contributed by atoms with E-state index in [-0.39, 0.29) is 18.2 Å². The van der Waals surface area contributed by atoms with E-state index in [1.165, 1.54) is 4.90 Å². The monoisotopic (exact) mass is 333 g/mol. The first-order valence-electron chi connectivity index (χ1n) is 8.30. The topological polar surface area (TPSA) is 65.2 Å². The average molecular weight is 333 g/mol. The molecule has 2 aromatic carbocycles. The van der Waals surface area contributed by atoms with Gasteiger partial charge in [0.25, 0.3) is 5.91 Å². The Labute approximate surface area is 145 Å². The lowest BCUT2D eigenvalue weighted by molar-refractivity contribution is -0.121. The predicted octanol–water partition coefficient (Wildman–Crippen LogP) is 3.53. The van der Waals surface area contributed by atoms with Crippen molar-refractivity contribution in [3.63, 3.8) is 0 Å². The van der Waals surface area contributed by atoms with Crippen molar-refractivity contribution in [3.8, 4) is 0 Å². The number of amides is 2. The number of H-pyrrole nitrogens is 1. The number of carbonyl (C=O) groups is 2. The van der Waals surface area contributed by atoms with Crippen LogP contribution in [0.4, 0.5) is 11.4 Å². The zero-order valence-electron chi connectivity index (χ0n) is 14.2. The molecule has 1 fully saturated rings. The van der Waals surface area contributed by atoms with Gasteiger partial charge in [-0.1, -0.05) is 12.1 Å². The highest BCUT2D eigenvalue weighted by atomic mass is 16.2. The second-order valence-electron chi connectivity index (χ2n) is 6.52. The molecule has 0 radical (unpaired) electrons. The van der Waals surface area contributed by atoms with Gasteiger partial charge >= 0.3 is 0 Å². The van der Waals surface area contributed by atoms with Gasteiger partial charge in [0.2, 0.25) is 5.91 Å². The Kier molecular flexibility index (Phi) is 3.57. The van der Waals surface area contributed by atoms with E-state index >= 15 is 0 Å². The molecule has 0 spiro atoms. The zero-order valence-corrected chi connectivity index (χ0v) is 14.2. The number of hydrogen-bond acceptors (Lipinski definition) is 3. The van der Waals surface area contributed by atoms with E-state index in [9.17, 15) is 9.59 Å². The van der Waals surface area contributed by atoms with Crippen LogP contribution in [0.1, 0.15) is 17.5 Å². The first kappa shape index (κ1) is 15.4. The first-order chi connectivity index (χ1) is 12.0. The molecule has 1 atom stereocenters. The van der Waals surface area contributed by atoms with Crippen LogP contribution < -0.4 is 10.2 Å². The van der Waals surface area contributed by atoms with Crippen LogP contribution in [0.25, 0.3) is 10.9 Å². The van der Waals surface area contributed by atoms with Crippen molar-refractivity contribution in [1.29, 1.82) is 0 Å². The van der Waals surface area contributed by atoms with Crippen LogP contribution in [0.5, 0.6) is 0 Å². The number of aromatic amines is 1. The third-order valence-corrected chi connectivity index (χ3v) is 4.79. The number of aromatic nitrogens is 1. The molecular formula is C20H19N3O2. The van der Waals surface area contributed by atoms with Crippen molar-refractivity contribution in [2.45, 2.75) is 26.3 Å². The molecule has 2 amide bonds. The standard InChI is InChI=1S/C20H19N3O2/c1-12-3-6-16(9-13(12)2)23-19(24)11-18(20(23)25)22-15-5-4-14-7-8-21-17(14)10-15/h3-10,18,21-22H,11H2,1-2H3. The molecule has 1 aromatic heterocycles. The van der Waals surface area contributed by atoms with Crippen LogP contribution in [0.2, 0.25) is 0 Å². The zero-order chi connectivity index (χ0) is 17.6. The molecule has 1 unspecified atom stereocenters. The van der Waals surface area contributed by atoms with Gasteiger partial charge < -0.3 is 10.3 Å². The number of carbonyl (C=O) groups excluding carboxylic acids is 2. The second kappa shape index (κ2) is 5.77. The molecule has 1 saturated heterocycles. The molecule has 1 aliphatic rings. The van der Waals surface area contributed by atoms with Crippen molar-refractivity contribution >= 4 is 34.1 Å². The third-order valence-electron chi connectivity index (χ3n) is 4.79. The fraction of sp³-hybridized carbons (Fsp3) is 0.200. The van der Waals surface area contributed by atoms with Gasteiger partial charge in [0.1, 0.15) is 6.04 Å². The maximum absolute atomic E-state index is 12.8. The predicted molar refractivity (Wildman–Crippen MR) is 98.7 cm³/mol. The van der Waals surface area contributed by atoms with Gasteiger partial charge in [-0.2, -0.15) is 0 Å². The van der Waals surface area contributed by atoms with Gasteiger partial charge in [-0.05, 0) is 60.7 Å². The van der Waals surface area contributed by atoms with E-state index in [0.29, 0.717) is 5.69 Å². The minimum Gasteiger partial charge on any atom is -0.373 e. The average Bonchev–Trinajstić information content (AvgIpc) is 3.15. The van der Waals surface area contributed by atoms with Crippen molar-refractivity contribution in [1.82, 2.24) is 4.98 Å². The molecular weight excluding hydrogens is 314 g/mol. The first-order valence-corrected chi connectivity index (χ1v) is 8.30. The molecule has 5 nitrogen and oxygen atoms in total. The summed E-state index contributed by atoms with van der Waals surface area (Å²) in [5, 5.41) is 4.30. The van der Waals surface area contributed by atoms with E-state index in [2.05, 4.69) is 10.3 Å². The Morgan fingerprint density at radius 2 is 1.88 bits per heavy atom. The highest BCUT2D eigenvalue weighted by molar-refractivity contribution is 6.23. The smallest absolute Gasteiger partial charge is 0.256 e. The molecule has 0 bridgehead atoms. The number of aryl methyl sites for hydroxylation is 2. The third kappa shape index (κ3) is 2.67. The number of benzene rings is 2. The summed E-state index contributed by atoms with van der Waals surface area (Å²) in [6.07, 6.45) is 2.04. The fourth-order valence-corrected chi connectivity index (χ4v) is 3.22. The Morgan fingerprint density at radius 1 is 1.04 bits per heavy atom. The molecule has 2 N–H and O–H groups in total. The summed E-state index contributed by atoms with van der Waals surface area (Å²) in [4.78, 5) is 29.6. The molecule has 25 heavy (non-hydrogen) atoms. The maximum atomic E-state index is 12.8. The minimum absolute atomic E-state index is 0.161. The highest BCUT2D eigenvalue weighted by Gasteiger charge is 2.39. The Bertz CT molecular complexity index is 990. The minimum atomic E-state index is -0.540. The van der Waals surface area contributed by atoms with Crippen LogP contribution in [-0.4, -0.2) is 22.8 Å². The summed E-state index contributed by atoms with van der Waals surface area (Å²) in [7, 11) is 0. The summed E-state index contributed by atoms with van der Waals surface area (Å²) in [5.74, 6) is -0.383. The van der Waals surface area contributed by atoms with E-state index in [4.69, 9.17) is 0 Å². The molecule has 3 aromatic rings. The quantitative estimate of drug-likeness (QED) is 0.721. The second-order valence-corrected chi connectivity index (χ2v) is 6.52. The van der Waals surface area contributed by atoms with E-state index in [1.54, 1.807) is 0 Å². The summed E-state index contributed by atoms with van der Waals surface area (Å²) >= 11 is 0. The highest BCUT2D eigenvalue weighted by Crippen LogP contribution is 2.27. The molecule has 126 valence electrons. The number of anilines is 2.